The summed E-state index contributed by atoms with van der Waals surface area (Å²) in [5.41, 5.74) is 0.847. The summed E-state index contributed by atoms with van der Waals surface area (Å²) in [7, 11) is 0. The molecule has 0 radical (unpaired) electrons. The zero-order valence-corrected chi connectivity index (χ0v) is 11.2. The Morgan fingerprint density at radius 1 is 1.29 bits per heavy atom. The van der Waals surface area contributed by atoms with Crippen molar-refractivity contribution in [3.8, 4) is 11.5 Å². The maximum Gasteiger partial charge on any atom is 0.329 e. The molecule has 3 aliphatic rings. The molecule has 2 unspecified atom stereocenters. The third kappa shape index (κ3) is 2.03. The van der Waals surface area contributed by atoms with Crippen molar-refractivity contribution < 1.29 is 23.8 Å². The van der Waals surface area contributed by atoms with E-state index < -0.39 is 6.04 Å². The topological polar surface area (TPSA) is 65.1 Å². The summed E-state index contributed by atoms with van der Waals surface area (Å²) in [5, 5.41) is 0. The van der Waals surface area contributed by atoms with E-state index in [9.17, 15) is 9.59 Å². The molecule has 0 aliphatic carbocycles. The number of rotatable bonds is 2. The van der Waals surface area contributed by atoms with Crippen LogP contribution < -0.4 is 9.47 Å². The van der Waals surface area contributed by atoms with Gasteiger partial charge in [-0.05, 0) is 23.8 Å². The van der Waals surface area contributed by atoms with E-state index in [0.717, 1.165) is 5.56 Å². The summed E-state index contributed by atoms with van der Waals surface area (Å²) in [6.45, 7) is 0.709. The van der Waals surface area contributed by atoms with Crippen molar-refractivity contribution in [3.63, 3.8) is 0 Å². The zero-order chi connectivity index (χ0) is 14.4. The Bertz CT molecular complexity index is 653. The molecule has 1 aromatic carbocycles. The molecule has 2 atom stereocenters. The second kappa shape index (κ2) is 4.51. The fraction of sp³-hybridized carbons (Fsp3) is 0.333. The van der Waals surface area contributed by atoms with Gasteiger partial charge in [0.15, 0.2) is 11.5 Å². The van der Waals surface area contributed by atoms with E-state index in [2.05, 4.69) is 0 Å². The molecule has 1 aromatic rings. The van der Waals surface area contributed by atoms with Gasteiger partial charge in [0.1, 0.15) is 12.1 Å². The molecule has 21 heavy (non-hydrogen) atoms. The van der Waals surface area contributed by atoms with E-state index in [4.69, 9.17) is 14.2 Å². The molecule has 6 nitrogen and oxygen atoms in total. The monoisotopic (exact) mass is 287 g/mol. The van der Waals surface area contributed by atoms with Gasteiger partial charge in [-0.1, -0.05) is 6.07 Å². The molecule has 3 heterocycles. The summed E-state index contributed by atoms with van der Waals surface area (Å²) in [6, 6.07) is 5.06. The number of morpholine rings is 1. The Labute approximate surface area is 120 Å². The number of esters is 1. The number of nitrogens with zero attached hydrogens (tertiary/aromatic N) is 1. The molecule has 0 N–H and O–H groups in total. The standard InChI is InChI=1S/C15H13NO5/c17-14(16-7-10-6-11(16)15(18)21-10)4-2-9-1-3-12-13(5-9)20-8-19-12/h1-5,10-11H,6-8H2/b4-2+. The summed E-state index contributed by atoms with van der Waals surface area (Å²) in [6.07, 6.45) is 3.67. The highest BCUT2D eigenvalue weighted by atomic mass is 16.7. The van der Waals surface area contributed by atoms with Crippen LogP contribution in [0, 0.1) is 0 Å². The van der Waals surface area contributed by atoms with Crippen molar-refractivity contribution in [2.45, 2.75) is 18.6 Å². The van der Waals surface area contributed by atoms with Crippen LogP contribution in [0.25, 0.3) is 6.08 Å². The normalized spacial score (nSPS) is 25.7. The fourth-order valence-corrected chi connectivity index (χ4v) is 2.87. The first-order valence-corrected chi connectivity index (χ1v) is 6.79. The van der Waals surface area contributed by atoms with Crippen molar-refractivity contribution in [1.82, 2.24) is 4.90 Å². The molecule has 0 aromatic heterocycles. The van der Waals surface area contributed by atoms with Crippen LogP contribution in [0.3, 0.4) is 0 Å². The second-order valence-corrected chi connectivity index (χ2v) is 5.25. The third-order valence-electron chi connectivity index (χ3n) is 3.92. The number of hydrogen-bond donors (Lipinski definition) is 0. The Kier molecular flexibility index (Phi) is 2.63. The maximum absolute atomic E-state index is 12.2. The number of benzene rings is 1. The van der Waals surface area contributed by atoms with Crippen molar-refractivity contribution in [3.05, 3.63) is 29.8 Å². The molecule has 6 heteroatoms. The minimum atomic E-state index is -0.413. The molecule has 108 valence electrons. The Morgan fingerprint density at radius 3 is 2.95 bits per heavy atom. The quantitative estimate of drug-likeness (QED) is 0.598. The van der Waals surface area contributed by atoms with Crippen molar-refractivity contribution in [2.75, 3.05) is 13.3 Å². The smallest absolute Gasteiger partial charge is 0.329 e. The van der Waals surface area contributed by atoms with Crippen LogP contribution in [-0.2, 0) is 14.3 Å². The van der Waals surface area contributed by atoms with Crippen LogP contribution in [0.1, 0.15) is 12.0 Å². The van der Waals surface area contributed by atoms with E-state index in [-0.39, 0.29) is 24.8 Å². The number of fused-ring (bicyclic) bond motifs is 3. The highest BCUT2D eigenvalue weighted by Crippen LogP contribution is 2.33. The third-order valence-corrected chi connectivity index (χ3v) is 3.92. The molecular formula is C15H13NO5. The van der Waals surface area contributed by atoms with Crippen molar-refractivity contribution in [1.29, 1.82) is 0 Å². The minimum absolute atomic E-state index is 0.134. The first-order valence-electron chi connectivity index (χ1n) is 6.79. The average Bonchev–Trinajstić information content (AvgIpc) is 3.18. The van der Waals surface area contributed by atoms with Crippen LogP contribution in [0.15, 0.2) is 24.3 Å². The molecule has 2 saturated heterocycles. The van der Waals surface area contributed by atoms with Gasteiger partial charge in [0.2, 0.25) is 12.7 Å². The first kappa shape index (κ1) is 12.3. The van der Waals surface area contributed by atoms with Gasteiger partial charge >= 0.3 is 5.97 Å². The van der Waals surface area contributed by atoms with E-state index in [1.165, 1.54) is 6.08 Å². The molecule has 4 rings (SSSR count). The van der Waals surface area contributed by atoms with Crippen LogP contribution in [0.4, 0.5) is 0 Å². The second-order valence-electron chi connectivity index (χ2n) is 5.25. The lowest BCUT2D eigenvalue weighted by Gasteiger charge is -2.24. The lowest BCUT2D eigenvalue weighted by Crippen LogP contribution is -2.43. The largest absolute Gasteiger partial charge is 0.459 e. The molecular weight excluding hydrogens is 274 g/mol. The highest BCUT2D eigenvalue weighted by molar-refractivity contribution is 5.96. The number of hydrogen-bond acceptors (Lipinski definition) is 5. The predicted octanol–water partition coefficient (Wildman–Crippen LogP) is 0.955. The minimum Gasteiger partial charge on any atom is -0.459 e. The van der Waals surface area contributed by atoms with E-state index in [0.29, 0.717) is 24.5 Å². The number of carbonyl (C=O) groups excluding carboxylic acids is 2. The summed E-state index contributed by atoms with van der Waals surface area (Å²) in [5.74, 6) is 0.916. The molecule has 0 saturated carbocycles. The number of amides is 1. The maximum atomic E-state index is 12.2. The summed E-state index contributed by atoms with van der Waals surface area (Å²) >= 11 is 0. The van der Waals surface area contributed by atoms with Gasteiger partial charge in [-0.25, -0.2) is 4.79 Å². The molecule has 1 amide bonds. The Morgan fingerprint density at radius 2 is 2.14 bits per heavy atom. The van der Waals surface area contributed by atoms with Gasteiger partial charge in [0, 0.05) is 12.5 Å². The van der Waals surface area contributed by atoms with Crippen LogP contribution in [0.5, 0.6) is 11.5 Å². The summed E-state index contributed by atoms with van der Waals surface area (Å²) < 4.78 is 15.6. The average molecular weight is 287 g/mol. The fourth-order valence-electron chi connectivity index (χ4n) is 2.87. The van der Waals surface area contributed by atoms with Crippen LogP contribution in [-0.4, -0.2) is 42.3 Å². The van der Waals surface area contributed by atoms with Gasteiger partial charge in [0.05, 0.1) is 6.54 Å². The summed E-state index contributed by atoms with van der Waals surface area (Å²) in [4.78, 5) is 25.2. The number of likely N-dealkylation sites (tertiary alicyclic amines) is 1. The zero-order valence-electron chi connectivity index (χ0n) is 11.2. The van der Waals surface area contributed by atoms with Crippen molar-refractivity contribution >= 4 is 18.0 Å². The van der Waals surface area contributed by atoms with Crippen molar-refractivity contribution in [2.24, 2.45) is 0 Å². The lowest BCUT2D eigenvalue weighted by molar-refractivity contribution is -0.155. The van der Waals surface area contributed by atoms with Crippen LogP contribution >= 0.6 is 0 Å². The molecule has 0 spiro atoms. The van der Waals surface area contributed by atoms with Gasteiger partial charge in [-0.3, -0.25) is 4.79 Å². The Hall–Kier alpha value is -2.50. The van der Waals surface area contributed by atoms with E-state index in [1.807, 2.05) is 18.2 Å². The van der Waals surface area contributed by atoms with Gasteiger partial charge in [0.25, 0.3) is 0 Å². The predicted molar refractivity (Wildman–Crippen MR) is 71.6 cm³/mol. The molecule has 2 fully saturated rings. The molecule has 2 bridgehead atoms. The lowest BCUT2D eigenvalue weighted by atomic mass is 10.2. The van der Waals surface area contributed by atoms with E-state index >= 15 is 0 Å². The first-order chi connectivity index (χ1) is 10.2. The SMILES string of the molecule is O=C1OC2CC1N(C(=O)/C=C/c1ccc3c(c1)OCO3)C2. The Balaban J connectivity index is 1.48. The number of ether oxygens (including phenoxy) is 3. The highest BCUT2D eigenvalue weighted by Gasteiger charge is 2.47. The van der Waals surface area contributed by atoms with Crippen LogP contribution in [0.2, 0.25) is 0 Å². The van der Waals surface area contributed by atoms with Gasteiger partial charge < -0.3 is 19.1 Å². The van der Waals surface area contributed by atoms with E-state index in [1.54, 1.807) is 11.0 Å². The van der Waals surface area contributed by atoms with Gasteiger partial charge in [-0.15, -0.1) is 0 Å². The van der Waals surface area contributed by atoms with Gasteiger partial charge in [-0.2, -0.15) is 0 Å². The number of carbonyl (C=O) groups is 2. The molecule has 3 aliphatic heterocycles.